The van der Waals surface area contributed by atoms with Gasteiger partial charge in [0.15, 0.2) is 11.6 Å². The van der Waals surface area contributed by atoms with Crippen molar-refractivity contribution in [2.24, 2.45) is 0 Å². The van der Waals surface area contributed by atoms with Crippen molar-refractivity contribution in [3.8, 4) is 0 Å². The molecule has 0 aliphatic rings. The van der Waals surface area contributed by atoms with Gasteiger partial charge in [0.2, 0.25) is 0 Å². The molecular formula is C16H14F2NO2. The fourth-order valence-electron chi connectivity index (χ4n) is 1.79. The molecule has 0 heterocycles. The molecule has 21 heavy (non-hydrogen) atoms. The third kappa shape index (κ3) is 3.56. The zero-order chi connectivity index (χ0) is 15.2. The van der Waals surface area contributed by atoms with Gasteiger partial charge >= 0.3 is 6.09 Å². The number of rotatable bonds is 4. The Labute approximate surface area is 121 Å². The number of anilines is 2. The van der Waals surface area contributed by atoms with E-state index in [9.17, 15) is 13.6 Å². The minimum Gasteiger partial charge on any atom is -0.449 e. The van der Waals surface area contributed by atoms with E-state index in [1.54, 1.807) is 30.3 Å². The van der Waals surface area contributed by atoms with Gasteiger partial charge in [0.05, 0.1) is 18.0 Å². The molecule has 1 amide bonds. The van der Waals surface area contributed by atoms with E-state index in [1.165, 1.54) is 11.0 Å². The maximum Gasteiger partial charge on any atom is 0.418 e. The predicted molar refractivity (Wildman–Crippen MR) is 76.3 cm³/mol. The van der Waals surface area contributed by atoms with E-state index in [4.69, 9.17) is 4.74 Å². The summed E-state index contributed by atoms with van der Waals surface area (Å²) in [6.45, 7) is 3.73. The zero-order valence-electron chi connectivity index (χ0n) is 11.3. The molecule has 0 atom stereocenters. The summed E-state index contributed by atoms with van der Waals surface area (Å²) in [6.07, 6.45) is -0.248. The predicted octanol–water partition coefficient (Wildman–Crippen LogP) is 4.46. The van der Waals surface area contributed by atoms with Gasteiger partial charge in [0.25, 0.3) is 0 Å². The van der Waals surface area contributed by atoms with Gasteiger partial charge in [0, 0.05) is 6.07 Å². The molecule has 2 rings (SSSR count). The van der Waals surface area contributed by atoms with Crippen LogP contribution in [0.4, 0.5) is 25.0 Å². The monoisotopic (exact) mass is 290 g/mol. The van der Waals surface area contributed by atoms with Crippen molar-refractivity contribution in [2.45, 2.75) is 6.42 Å². The van der Waals surface area contributed by atoms with E-state index in [2.05, 4.69) is 6.92 Å². The van der Waals surface area contributed by atoms with Crippen LogP contribution in [0.15, 0.2) is 48.5 Å². The molecule has 0 saturated heterocycles. The number of benzene rings is 2. The largest absolute Gasteiger partial charge is 0.449 e. The summed E-state index contributed by atoms with van der Waals surface area (Å²) in [5.74, 6) is -2.00. The van der Waals surface area contributed by atoms with Crippen molar-refractivity contribution in [1.82, 2.24) is 0 Å². The number of hydrogen-bond acceptors (Lipinski definition) is 2. The molecule has 2 aromatic rings. The number of carbonyl (C=O) groups excluding carboxylic acids is 1. The molecule has 0 bridgehead atoms. The highest BCUT2D eigenvalue weighted by Gasteiger charge is 2.20. The molecule has 3 nitrogen and oxygen atoms in total. The lowest BCUT2D eigenvalue weighted by Gasteiger charge is -2.22. The number of ether oxygens (including phenoxy) is 1. The van der Waals surface area contributed by atoms with E-state index in [0.717, 1.165) is 12.1 Å². The standard InChI is InChI=1S/C16H14F2NO2/c1-2-10-21-16(20)19(12-6-4-3-5-7-12)13-8-9-14(17)15(18)11-13/h3-9,11H,1-2,10H2. The van der Waals surface area contributed by atoms with E-state index >= 15 is 0 Å². The van der Waals surface area contributed by atoms with Crippen molar-refractivity contribution >= 4 is 17.5 Å². The Bertz CT molecular complexity index is 617. The lowest BCUT2D eigenvalue weighted by atomic mass is 10.2. The number of nitrogens with zero attached hydrogens (tertiary/aromatic N) is 1. The summed E-state index contributed by atoms with van der Waals surface area (Å²) >= 11 is 0. The molecule has 0 aliphatic heterocycles. The lowest BCUT2D eigenvalue weighted by molar-refractivity contribution is 0.158. The molecule has 0 unspecified atom stereocenters. The maximum atomic E-state index is 13.4. The first-order valence-electron chi connectivity index (χ1n) is 6.39. The number of carbonyl (C=O) groups is 1. The van der Waals surface area contributed by atoms with Gasteiger partial charge in [-0.2, -0.15) is 0 Å². The van der Waals surface area contributed by atoms with Crippen molar-refractivity contribution in [3.63, 3.8) is 0 Å². The number of amides is 1. The van der Waals surface area contributed by atoms with E-state index in [-0.39, 0.29) is 12.3 Å². The second-order valence-corrected chi connectivity index (χ2v) is 4.24. The van der Waals surface area contributed by atoms with Crippen LogP contribution >= 0.6 is 0 Å². The minimum atomic E-state index is -1.03. The highest BCUT2D eigenvalue weighted by Crippen LogP contribution is 2.27. The van der Waals surface area contributed by atoms with Gasteiger partial charge in [0.1, 0.15) is 0 Å². The van der Waals surface area contributed by atoms with Crippen molar-refractivity contribution in [2.75, 3.05) is 11.5 Å². The summed E-state index contributed by atoms with van der Waals surface area (Å²) in [7, 11) is 0. The summed E-state index contributed by atoms with van der Waals surface area (Å²) in [6, 6.07) is 11.8. The first-order chi connectivity index (χ1) is 10.1. The fraction of sp³-hybridized carbons (Fsp3) is 0.125. The molecule has 0 spiro atoms. The van der Waals surface area contributed by atoms with Gasteiger partial charge in [-0.1, -0.05) is 18.2 Å². The first-order valence-corrected chi connectivity index (χ1v) is 6.39. The smallest absolute Gasteiger partial charge is 0.418 e. The Balaban J connectivity index is 2.40. The number of halogens is 2. The van der Waals surface area contributed by atoms with Gasteiger partial charge in [-0.3, -0.25) is 0 Å². The molecule has 0 aliphatic carbocycles. The second kappa shape index (κ2) is 6.83. The van der Waals surface area contributed by atoms with Crippen LogP contribution in [-0.4, -0.2) is 12.7 Å². The van der Waals surface area contributed by atoms with Crippen molar-refractivity contribution in [3.05, 3.63) is 67.1 Å². The number of para-hydroxylation sites is 1. The second-order valence-electron chi connectivity index (χ2n) is 4.24. The Morgan fingerprint density at radius 3 is 2.38 bits per heavy atom. The average molecular weight is 290 g/mol. The molecule has 2 aromatic carbocycles. The normalized spacial score (nSPS) is 10.2. The third-order valence-corrected chi connectivity index (χ3v) is 2.73. The summed E-state index contributed by atoms with van der Waals surface area (Å²) in [5.41, 5.74) is 0.687. The summed E-state index contributed by atoms with van der Waals surface area (Å²) in [5, 5.41) is 0. The maximum absolute atomic E-state index is 13.4. The highest BCUT2D eigenvalue weighted by molar-refractivity contribution is 5.95. The minimum absolute atomic E-state index is 0.145. The lowest BCUT2D eigenvalue weighted by Crippen LogP contribution is -2.27. The van der Waals surface area contributed by atoms with Crippen LogP contribution in [0.2, 0.25) is 0 Å². The van der Waals surface area contributed by atoms with Gasteiger partial charge in [-0.15, -0.1) is 0 Å². The summed E-state index contributed by atoms with van der Waals surface area (Å²) in [4.78, 5) is 13.3. The molecule has 0 fully saturated rings. The Kier molecular flexibility index (Phi) is 4.87. The Hall–Kier alpha value is -2.43. The SMILES string of the molecule is [CH2]CCOC(=O)N(c1ccccc1)c1ccc(F)c(F)c1. The van der Waals surface area contributed by atoms with Crippen molar-refractivity contribution in [1.29, 1.82) is 0 Å². The zero-order valence-corrected chi connectivity index (χ0v) is 11.3. The van der Waals surface area contributed by atoms with Crippen molar-refractivity contribution < 1.29 is 18.3 Å². The van der Waals surface area contributed by atoms with Crippen LogP contribution in [0.5, 0.6) is 0 Å². The van der Waals surface area contributed by atoms with Crippen LogP contribution in [0, 0.1) is 18.6 Å². The van der Waals surface area contributed by atoms with E-state index in [0.29, 0.717) is 12.1 Å². The molecule has 0 saturated carbocycles. The Morgan fingerprint density at radius 1 is 1.05 bits per heavy atom. The van der Waals surface area contributed by atoms with Crippen LogP contribution in [0.25, 0.3) is 0 Å². The van der Waals surface area contributed by atoms with Gasteiger partial charge < -0.3 is 4.74 Å². The molecule has 0 N–H and O–H groups in total. The Morgan fingerprint density at radius 2 is 1.76 bits per heavy atom. The van der Waals surface area contributed by atoms with E-state index < -0.39 is 17.7 Å². The van der Waals surface area contributed by atoms with Crippen LogP contribution in [-0.2, 0) is 4.74 Å². The highest BCUT2D eigenvalue weighted by atomic mass is 19.2. The molecule has 0 aromatic heterocycles. The fourth-order valence-corrected chi connectivity index (χ4v) is 1.79. The van der Waals surface area contributed by atoms with Crippen LogP contribution in [0.3, 0.4) is 0 Å². The third-order valence-electron chi connectivity index (χ3n) is 2.73. The molecule has 5 heteroatoms. The number of hydrogen-bond donors (Lipinski definition) is 0. The summed E-state index contributed by atoms with van der Waals surface area (Å²) < 4.78 is 31.5. The molecular weight excluding hydrogens is 276 g/mol. The quantitative estimate of drug-likeness (QED) is 0.831. The molecule has 1 radical (unpaired) electrons. The average Bonchev–Trinajstić information content (AvgIpc) is 2.50. The first kappa shape index (κ1) is 15.0. The van der Waals surface area contributed by atoms with Gasteiger partial charge in [-0.25, -0.2) is 18.5 Å². The van der Waals surface area contributed by atoms with Gasteiger partial charge in [-0.05, 0) is 37.6 Å². The van der Waals surface area contributed by atoms with Crippen LogP contribution < -0.4 is 4.90 Å². The van der Waals surface area contributed by atoms with E-state index in [1.807, 2.05) is 0 Å². The molecule has 109 valence electrons. The van der Waals surface area contributed by atoms with Crippen LogP contribution in [0.1, 0.15) is 6.42 Å². The topological polar surface area (TPSA) is 29.5 Å².